The summed E-state index contributed by atoms with van der Waals surface area (Å²) >= 11 is 3.46. The number of sulfonamides is 1. The summed E-state index contributed by atoms with van der Waals surface area (Å²) in [5.41, 5.74) is 1.75. The van der Waals surface area contributed by atoms with Crippen LogP contribution in [0.4, 0.5) is 5.69 Å². The number of halogens is 1. The Labute approximate surface area is 285 Å². The van der Waals surface area contributed by atoms with Gasteiger partial charge in [-0.3, -0.25) is 13.9 Å². The summed E-state index contributed by atoms with van der Waals surface area (Å²) in [6.45, 7) is 3.32. The van der Waals surface area contributed by atoms with Crippen LogP contribution in [0.3, 0.4) is 0 Å². The van der Waals surface area contributed by atoms with E-state index in [-0.39, 0.29) is 41.2 Å². The number of amides is 2. The molecule has 0 aliphatic heterocycles. The SMILES string of the molecule is CC[C@@H](C)NC(=O)[C@H](Cc1ccccc1)N(Cc1ccc(Br)cc1)C(=O)CN(c1cc(OC)ccc1OC)S(=O)(=O)c1ccccc1. The van der Waals surface area contributed by atoms with Gasteiger partial charge in [-0.05, 0) is 60.9 Å². The number of carbonyl (C=O) groups excluding carboxylic acids is 2. The Balaban J connectivity index is 1.86. The number of hydrogen-bond donors (Lipinski definition) is 1. The van der Waals surface area contributed by atoms with Crippen molar-refractivity contribution < 1.29 is 27.5 Å². The molecule has 1 N–H and O–H groups in total. The van der Waals surface area contributed by atoms with Crippen molar-refractivity contribution in [2.45, 2.75) is 50.2 Å². The summed E-state index contributed by atoms with van der Waals surface area (Å²) in [6, 6.07) is 28.4. The van der Waals surface area contributed by atoms with Crippen LogP contribution in [0.25, 0.3) is 0 Å². The number of benzene rings is 4. The lowest BCUT2D eigenvalue weighted by Crippen LogP contribution is -2.54. The fourth-order valence-corrected chi connectivity index (χ4v) is 6.71. The zero-order valence-electron chi connectivity index (χ0n) is 26.9. The third-order valence-corrected chi connectivity index (χ3v) is 10.1. The average molecular weight is 723 g/mol. The predicted octanol–water partition coefficient (Wildman–Crippen LogP) is 6.22. The highest BCUT2D eigenvalue weighted by Gasteiger charge is 2.36. The van der Waals surface area contributed by atoms with E-state index >= 15 is 0 Å². The minimum atomic E-state index is -4.30. The third-order valence-electron chi connectivity index (χ3n) is 7.80. The van der Waals surface area contributed by atoms with Gasteiger partial charge in [-0.1, -0.05) is 83.5 Å². The zero-order chi connectivity index (χ0) is 34.0. The number of methoxy groups -OCH3 is 2. The van der Waals surface area contributed by atoms with Crippen molar-refractivity contribution in [2.75, 3.05) is 25.1 Å². The Morgan fingerprint density at radius 1 is 0.851 bits per heavy atom. The summed E-state index contributed by atoms with van der Waals surface area (Å²) in [4.78, 5) is 30.1. The molecule has 9 nitrogen and oxygen atoms in total. The smallest absolute Gasteiger partial charge is 0.264 e. The van der Waals surface area contributed by atoms with Crippen molar-refractivity contribution in [3.05, 3.63) is 119 Å². The van der Waals surface area contributed by atoms with Crippen molar-refractivity contribution in [2.24, 2.45) is 0 Å². The maximum Gasteiger partial charge on any atom is 0.264 e. The highest BCUT2D eigenvalue weighted by molar-refractivity contribution is 9.10. The second-order valence-electron chi connectivity index (χ2n) is 11.0. The standard InChI is InChI=1S/C36H40BrN3O6S/c1-5-26(2)38-36(42)33(22-27-12-8-6-9-13-27)39(24-28-16-18-29(37)19-17-28)35(41)25-40(47(43,44)31-14-10-7-11-15-31)32-23-30(45-3)20-21-34(32)46-4/h6-21,23,26,33H,5,22,24-25H2,1-4H3,(H,38,42)/t26-,33+/m1/s1. The van der Waals surface area contributed by atoms with E-state index in [0.717, 1.165) is 19.9 Å². The Hall–Kier alpha value is -4.35. The first-order chi connectivity index (χ1) is 22.6. The van der Waals surface area contributed by atoms with E-state index < -0.39 is 28.5 Å². The fourth-order valence-electron chi connectivity index (χ4n) is 5.01. The molecule has 4 aromatic carbocycles. The second-order valence-corrected chi connectivity index (χ2v) is 13.8. The zero-order valence-corrected chi connectivity index (χ0v) is 29.3. The van der Waals surface area contributed by atoms with Gasteiger partial charge in [0, 0.05) is 29.5 Å². The molecule has 0 aliphatic carbocycles. The van der Waals surface area contributed by atoms with Gasteiger partial charge in [0.25, 0.3) is 10.0 Å². The van der Waals surface area contributed by atoms with Crippen LogP contribution in [0.5, 0.6) is 11.5 Å². The molecule has 2 atom stereocenters. The van der Waals surface area contributed by atoms with E-state index in [1.165, 1.54) is 37.3 Å². The third kappa shape index (κ3) is 9.14. The molecule has 0 spiro atoms. The summed E-state index contributed by atoms with van der Waals surface area (Å²) in [5.74, 6) is -0.293. The number of anilines is 1. The van der Waals surface area contributed by atoms with Crippen molar-refractivity contribution in [3.8, 4) is 11.5 Å². The molecular formula is C36H40BrN3O6S. The Morgan fingerprint density at radius 3 is 2.09 bits per heavy atom. The van der Waals surface area contributed by atoms with Crippen LogP contribution in [-0.4, -0.2) is 58.0 Å². The van der Waals surface area contributed by atoms with E-state index in [4.69, 9.17) is 9.47 Å². The van der Waals surface area contributed by atoms with Crippen molar-refractivity contribution >= 4 is 43.5 Å². The molecule has 47 heavy (non-hydrogen) atoms. The van der Waals surface area contributed by atoms with E-state index in [1.54, 1.807) is 30.3 Å². The molecule has 2 amide bonds. The first-order valence-electron chi connectivity index (χ1n) is 15.2. The van der Waals surface area contributed by atoms with Crippen LogP contribution in [0.15, 0.2) is 112 Å². The average Bonchev–Trinajstić information content (AvgIpc) is 3.09. The number of carbonyl (C=O) groups is 2. The molecule has 11 heteroatoms. The number of nitrogens with zero attached hydrogens (tertiary/aromatic N) is 2. The van der Waals surface area contributed by atoms with Crippen molar-refractivity contribution in [1.82, 2.24) is 10.2 Å². The van der Waals surface area contributed by atoms with Gasteiger partial charge in [-0.15, -0.1) is 0 Å². The highest BCUT2D eigenvalue weighted by atomic mass is 79.9. The molecule has 0 aromatic heterocycles. The molecule has 0 heterocycles. The monoisotopic (exact) mass is 721 g/mol. The van der Waals surface area contributed by atoms with Crippen LogP contribution >= 0.6 is 15.9 Å². The van der Waals surface area contributed by atoms with Gasteiger partial charge in [0.1, 0.15) is 24.1 Å². The van der Waals surface area contributed by atoms with E-state index in [1.807, 2.05) is 68.4 Å². The summed E-state index contributed by atoms with van der Waals surface area (Å²) in [5, 5.41) is 3.05. The number of nitrogens with one attached hydrogen (secondary N) is 1. The minimum Gasteiger partial charge on any atom is -0.497 e. The van der Waals surface area contributed by atoms with Crippen LogP contribution in [0, 0.1) is 0 Å². The topological polar surface area (TPSA) is 105 Å². The van der Waals surface area contributed by atoms with Gasteiger partial charge in [-0.25, -0.2) is 8.42 Å². The molecule has 0 radical (unpaired) electrons. The van der Waals surface area contributed by atoms with E-state index in [2.05, 4.69) is 21.2 Å². The molecule has 248 valence electrons. The number of rotatable bonds is 15. The van der Waals surface area contributed by atoms with Crippen LogP contribution < -0.4 is 19.1 Å². The first kappa shape index (κ1) is 35.5. The Morgan fingerprint density at radius 2 is 1.49 bits per heavy atom. The lowest BCUT2D eigenvalue weighted by molar-refractivity contribution is -0.140. The molecule has 0 saturated heterocycles. The highest BCUT2D eigenvalue weighted by Crippen LogP contribution is 2.36. The van der Waals surface area contributed by atoms with Crippen LogP contribution in [0.2, 0.25) is 0 Å². The minimum absolute atomic E-state index is 0.00696. The summed E-state index contributed by atoms with van der Waals surface area (Å²) in [6.07, 6.45) is 0.919. The summed E-state index contributed by atoms with van der Waals surface area (Å²) < 4.78 is 41.5. The van der Waals surface area contributed by atoms with Crippen LogP contribution in [-0.2, 0) is 32.6 Å². The second kappa shape index (κ2) is 16.5. The molecular weight excluding hydrogens is 682 g/mol. The quantitative estimate of drug-likeness (QED) is 0.156. The van der Waals surface area contributed by atoms with E-state index in [0.29, 0.717) is 12.2 Å². The molecule has 0 saturated carbocycles. The van der Waals surface area contributed by atoms with Crippen LogP contribution in [0.1, 0.15) is 31.4 Å². The number of hydrogen-bond acceptors (Lipinski definition) is 6. The van der Waals surface area contributed by atoms with E-state index in [9.17, 15) is 18.0 Å². The molecule has 4 aromatic rings. The van der Waals surface area contributed by atoms with Gasteiger partial charge < -0.3 is 19.7 Å². The Bertz CT molecular complexity index is 1740. The molecule has 0 bridgehead atoms. The van der Waals surface area contributed by atoms with Crippen molar-refractivity contribution in [1.29, 1.82) is 0 Å². The maximum atomic E-state index is 14.7. The molecule has 0 aliphatic rings. The molecule has 0 unspecified atom stereocenters. The first-order valence-corrected chi connectivity index (χ1v) is 17.5. The molecule has 4 rings (SSSR count). The number of ether oxygens (including phenoxy) is 2. The summed E-state index contributed by atoms with van der Waals surface area (Å²) in [7, 11) is -1.41. The predicted molar refractivity (Wildman–Crippen MR) is 187 cm³/mol. The normalized spacial score (nSPS) is 12.4. The van der Waals surface area contributed by atoms with Gasteiger partial charge in [-0.2, -0.15) is 0 Å². The Kier molecular flexibility index (Phi) is 12.4. The fraction of sp³-hybridized carbons (Fsp3) is 0.278. The van der Waals surface area contributed by atoms with Gasteiger partial charge in [0.05, 0.1) is 24.8 Å². The maximum absolute atomic E-state index is 14.7. The largest absolute Gasteiger partial charge is 0.497 e. The van der Waals surface area contributed by atoms with Gasteiger partial charge in [0.15, 0.2) is 0 Å². The van der Waals surface area contributed by atoms with Gasteiger partial charge in [0.2, 0.25) is 11.8 Å². The lowest BCUT2D eigenvalue weighted by Gasteiger charge is -2.34. The van der Waals surface area contributed by atoms with Crippen molar-refractivity contribution in [3.63, 3.8) is 0 Å². The lowest BCUT2D eigenvalue weighted by atomic mass is 10.0. The van der Waals surface area contributed by atoms with Gasteiger partial charge >= 0.3 is 0 Å². The molecule has 0 fully saturated rings.